The van der Waals surface area contributed by atoms with Gasteiger partial charge >= 0.3 is 0 Å². The van der Waals surface area contributed by atoms with Crippen LogP contribution in [0.5, 0.6) is 0 Å². The third kappa shape index (κ3) is 2.29. The minimum absolute atomic E-state index is 0.476. The van der Waals surface area contributed by atoms with E-state index in [4.69, 9.17) is 11.6 Å². The maximum Gasteiger partial charge on any atom is 0.129 e. The van der Waals surface area contributed by atoms with E-state index in [9.17, 15) is 0 Å². The molecule has 0 unspecified atom stereocenters. The van der Waals surface area contributed by atoms with E-state index in [2.05, 4.69) is 40.9 Å². The van der Waals surface area contributed by atoms with E-state index < -0.39 is 0 Å². The molecule has 0 atom stereocenters. The normalized spacial score (nSPS) is 10.9. The average Bonchev–Trinajstić information content (AvgIpc) is 2.40. The fraction of sp³-hybridized carbons (Fsp3) is 0.133. The van der Waals surface area contributed by atoms with E-state index in [0.29, 0.717) is 5.15 Å². The van der Waals surface area contributed by atoms with Crippen LogP contribution in [0.1, 0.15) is 11.1 Å². The fourth-order valence-corrected chi connectivity index (χ4v) is 2.05. The molecule has 0 saturated heterocycles. The van der Waals surface area contributed by atoms with Crippen LogP contribution in [0.4, 0.5) is 0 Å². The van der Waals surface area contributed by atoms with E-state index in [-0.39, 0.29) is 0 Å². The molecule has 0 aliphatic rings. The maximum atomic E-state index is 5.79. The summed E-state index contributed by atoms with van der Waals surface area (Å²) in [5.74, 6) is 0. The molecule has 4 heteroatoms. The molecule has 19 heavy (non-hydrogen) atoms. The van der Waals surface area contributed by atoms with Crippen molar-refractivity contribution in [2.45, 2.75) is 13.8 Å². The van der Waals surface area contributed by atoms with Gasteiger partial charge in [0.05, 0.1) is 22.9 Å². The SMILES string of the molecule is Cc1cc2ncc(-c3ccc(Cl)nc3)nc2cc1C. The van der Waals surface area contributed by atoms with Crippen LogP contribution >= 0.6 is 11.6 Å². The maximum absolute atomic E-state index is 5.79. The fourth-order valence-electron chi connectivity index (χ4n) is 1.93. The van der Waals surface area contributed by atoms with Gasteiger partial charge in [0.25, 0.3) is 0 Å². The number of benzene rings is 1. The van der Waals surface area contributed by atoms with Gasteiger partial charge in [-0.25, -0.2) is 9.97 Å². The Morgan fingerprint density at radius 3 is 2.32 bits per heavy atom. The molecule has 0 fully saturated rings. The Hall–Kier alpha value is -2.00. The molecule has 0 aliphatic heterocycles. The van der Waals surface area contributed by atoms with Gasteiger partial charge in [-0.05, 0) is 49.2 Å². The van der Waals surface area contributed by atoms with E-state index in [1.807, 2.05) is 6.07 Å². The first-order valence-corrected chi connectivity index (χ1v) is 6.37. The van der Waals surface area contributed by atoms with Gasteiger partial charge in [-0.15, -0.1) is 0 Å². The largest absolute Gasteiger partial charge is 0.252 e. The lowest BCUT2D eigenvalue weighted by molar-refractivity contribution is 1.24. The van der Waals surface area contributed by atoms with Crippen molar-refractivity contribution in [1.82, 2.24) is 15.0 Å². The molecule has 3 aromatic rings. The van der Waals surface area contributed by atoms with Crippen LogP contribution in [-0.4, -0.2) is 15.0 Å². The van der Waals surface area contributed by atoms with E-state index in [0.717, 1.165) is 22.3 Å². The molecular weight excluding hydrogens is 258 g/mol. The molecular formula is C15H12ClN3. The summed E-state index contributed by atoms with van der Waals surface area (Å²) in [6.45, 7) is 4.15. The quantitative estimate of drug-likeness (QED) is 0.628. The zero-order valence-corrected chi connectivity index (χ0v) is 11.4. The zero-order chi connectivity index (χ0) is 13.4. The van der Waals surface area contributed by atoms with Gasteiger partial charge in [-0.2, -0.15) is 0 Å². The lowest BCUT2D eigenvalue weighted by Gasteiger charge is -2.05. The number of aryl methyl sites for hydroxylation is 2. The van der Waals surface area contributed by atoms with Gasteiger partial charge in [0.1, 0.15) is 5.15 Å². The predicted octanol–water partition coefficient (Wildman–Crippen LogP) is 3.96. The molecule has 0 bridgehead atoms. The first-order chi connectivity index (χ1) is 9.13. The highest BCUT2D eigenvalue weighted by molar-refractivity contribution is 6.29. The first kappa shape index (κ1) is 12.1. The molecule has 3 nitrogen and oxygen atoms in total. The molecule has 2 aromatic heterocycles. The Bertz CT molecular complexity index is 751. The third-order valence-corrected chi connectivity index (χ3v) is 3.40. The summed E-state index contributed by atoms with van der Waals surface area (Å²) in [6.07, 6.45) is 3.47. The summed E-state index contributed by atoms with van der Waals surface area (Å²) in [5.41, 5.74) is 5.97. The van der Waals surface area contributed by atoms with E-state index >= 15 is 0 Å². The highest BCUT2D eigenvalue weighted by Crippen LogP contribution is 2.21. The van der Waals surface area contributed by atoms with Crippen LogP contribution in [0.3, 0.4) is 0 Å². The molecule has 0 N–H and O–H groups in total. The number of nitrogens with zero attached hydrogens (tertiary/aromatic N) is 3. The van der Waals surface area contributed by atoms with Crippen molar-refractivity contribution in [3.05, 3.63) is 52.9 Å². The van der Waals surface area contributed by atoms with Gasteiger partial charge in [-0.3, -0.25) is 4.98 Å². The Morgan fingerprint density at radius 1 is 0.895 bits per heavy atom. The minimum Gasteiger partial charge on any atom is -0.252 e. The predicted molar refractivity (Wildman–Crippen MR) is 77.3 cm³/mol. The van der Waals surface area contributed by atoms with Crippen molar-refractivity contribution in [2.24, 2.45) is 0 Å². The van der Waals surface area contributed by atoms with Crippen LogP contribution in [0.25, 0.3) is 22.3 Å². The number of rotatable bonds is 1. The van der Waals surface area contributed by atoms with Crippen molar-refractivity contribution in [1.29, 1.82) is 0 Å². The van der Waals surface area contributed by atoms with Gasteiger partial charge in [0, 0.05) is 11.8 Å². The van der Waals surface area contributed by atoms with Crippen LogP contribution in [0, 0.1) is 13.8 Å². The Morgan fingerprint density at radius 2 is 1.63 bits per heavy atom. The Kier molecular flexibility index (Phi) is 2.91. The number of hydrogen-bond acceptors (Lipinski definition) is 3. The smallest absolute Gasteiger partial charge is 0.129 e. The second-order valence-corrected chi connectivity index (χ2v) is 4.94. The molecule has 3 rings (SSSR count). The average molecular weight is 270 g/mol. The van der Waals surface area contributed by atoms with Crippen LogP contribution in [0.15, 0.2) is 36.7 Å². The summed E-state index contributed by atoms with van der Waals surface area (Å²) >= 11 is 5.79. The summed E-state index contributed by atoms with van der Waals surface area (Å²) in [4.78, 5) is 13.2. The molecule has 0 spiro atoms. The zero-order valence-electron chi connectivity index (χ0n) is 10.7. The molecule has 0 aliphatic carbocycles. The van der Waals surface area contributed by atoms with Crippen molar-refractivity contribution in [3.8, 4) is 11.3 Å². The number of halogens is 1. The topological polar surface area (TPSA) is 38.7 Å². The minimum atomic E-state index is 0.476. The highest BCUT2D eigenvalue weighted by Gasteiger charge is 2.05. The summed E-state index contributed by atoms with van der Waals surface area (Å²) < 4.78 is 0. The Balaban J connectivity index is 2.16. The van der Waals surface area contributed by atoms with Crippen molar-refractivity contribution in [3.63, 3.8) is 0 Å². The van der Waals surface area contributed by atoms with E-state index in [1.54, 1.807) is 18.5 Å². The summed E-state index contributed by atoms with van der Waals surface area (Å²) in [6, 6.07) is 7.77. The third-order valence-electron chi connectivity index (χ3n) is 3.18. The van der Waals surface area contributed by atoms with Crippen LogP contribution in [0.2, 0.25) is 5.15 Å². The first-order valence-electron chi connectivity index (χ1n) is 5.99. The lowest BCUT2D eigenvalue weighted by Crippen LogP contribution is -1.91. The summed E-state index contributed by atoms with van der Waals surface area (Å²) in [5, 5.41) is 0.476. The molecule has 0 radical (unpaired) electrons. The van der Waals surface area contributed by atoms with Gasteiger partial charge in [-0.1, -0.05) is 11.6 Å². The molecule has 94 valence electrons. The Labute approximate surface area is 116 Å². The molecule has 2 heterocycles. The van der Waals surface area contributed by atoms with E-state index in [1.165, 1.54) is 11.1 Å². The lowest BCUT2D eigenvalue weighted by atomic mass is 10.1. The molecule has 1 aromatic carbocycles. The monoisotopic (exact) mass is 269 g/mol. The second kappa shape index (κ2) is 4.59. The number of fused-ring (bicyclic) bond motifs is 1. The van der Waals surface area contributed by atoms with Crippen molar-refractivity contribution >= 4 is 22.6 Å². The summed E-state index contributed by atoms with van der Waals surface area (Å²) in [7, 11) is 0. The van der Waals surface area contributed by atoms with Gasteiger partial charge in [0.15, 0.2) is 0 Å². The molecule has 0 amide bonds. The van der Waals surface area contributed by atoms with Crippen molar-refractivity contribution in [2.75, 3.05) is 0 Å². The standard InChI is InChI=1S/C15H12ClN3/c1-9-5-12-13(6-10(9)2)19-14(8-17-12)11-3-4-15(16)18-7-11/h3-8H,1-2H3. The number of hydrogen-bond donors (Lipinski definition) is 0. The number of pyridine rings is 1. The second-order valence-electron chi connectivity index (χ2n) is 4.55. The van der Waals surface area contributed by atoms with Crippen LogP contribution < -0.4 is 0 Å². The van der Waals surface area contributed by atoms with Crippen LogP contribution in [-0.2, 0) is 0 Å². The van der Waals surface area contributed by atoms with Gasteiger partial charge in [0.2, 0.25) is 0 Å². The van der Waals surface area contributed by atoms with Crippen molar-refractivity contribution < 1.29 is 0 Å². The molecule has 0 saturated carbocycles. The van der Waals surface area contributed by atoms with Gasteiger partial charge < -0.3 is 0 Å². The number of aromatic nitrogens is 3. The highest BCUT2D eigenvalue weighted by atomic mass is 35.5.